The summed E-state index contributed by atoms with van der Waals surface area (Å²) in [7, 11) is 2.91. The van der Waals surface area contributed by atoms with E-state index in [0.29, 0.717) is 38.6 Å². The van der Waals surface area contributed by atoms with Crippen molar-refractivity contribution >= 4 is 28.8 Å². The average molecular weight is 506 g/mol. The Morgan fingerprint density at radius 1 is 1.20 bits per heavy atom. The van der Waals surface area contributed by atoms with Gasteiger partial charge in [0, 0.05) is 36.3 Å². The number of ether oxygens (including phenoxy) is 1. The molecule has 0 amide bonds. The predicted octanol–water partition coefficient (Wildman–Crippen LogP) is 5.12. The Balaban J connectivity index is 1.65. The van der Waals surface area contributed by atoms with Crippen molar-refractivity contribution < 1.29 is 32.2 Å². The lowest BCUT2D eigenvalue weighted by Crippen LogP contribution is -2.10. The van der Waals surface area contributed by atoms with Gasteiger partial charge < -0.3 is 14.4 Å². The Morgan fingerprint density at radius 3 is 2.66 bits per heavy atom. The van der Waals surface area contributed by atoms with Crippen molar-refractivity contribution in [3.8, 4) is 16.9 Å². The molecule has 0 unspecified atom stereocenters. The van der Waals surface area contributed by atoms with Crippen LogP contribution in [0.5, 0.6) is 5.75 Å². The highest BCUT2D eigenvalue weighted by molar-refractivity contribution is 7.98. The number of carbonyl (C=O) groups is 1. The molecule has 0 aliphatic rings. The van der Waals surface area contributed by atoms with Crippen LogP contribution in [0.15, 0.2) is 48.0 Å². The minimum atomic E-state index is -4.65. The topological polar surface area (TPSA) is 90.1 Å². The fourth-order valence-electron chi connectivity index (χ4n) is 3.55. The molecule has 0 saturated heterocycles. The van der Waals surface area contributed by atoms with Gasteiger partial charge in [0.2, 0.25) is 0 Å². The van der Waals surface area contributed by atoms with Gasteiger partial charge in [-0.15, -0.1) is 0 Å². The molecule has 12 heteroatoms. The van der Waals surface area contributed by atoms with Crippen molar-refractivity contribution in [3.05, 3.63) is 65.5 Å². The highest BCUT2D eigenvalue weighted by atomic mass is 32.2. The van der Waals surface area contributed by atoms with Gasteiger partial charge in [-0.05, 0) is 23.3 Å². The molecule has 0 fully saturated rings. The average Bonchev–Trinajstić information content (AvgIpc) is 3.14. The number of carboxylic acids is 1. The summed E-state index contributed by atoms with van der Waals surface area (Å²) in [5.74, 6) is -1.76. The molecule has 0 atom stereocenters. The molecule has 0 bridgehead atoms. The summed E-state index contributed by atoms with van der Waals surface area (Å²) in [4.78, 5) is 23.4. The number of hydrogen-bond donors (Lipinski definition) is 1. The van der Waals surface area contributed by atoms with E-state index in [9.17, 15) is 22.4 Å². The van der Waals surface area contributed by atoms with Gasteiger partial charge in [-0.1, -0.05) is 23.9 Å². The van der Waals surface area contributed by atoms with Crippen molar-refractivity contribution in [2.75, 3.05) is 7.11 Å². The first-order valence-corrected chi connectivity index (χ1v) is 11.1. The highest BCUT2D eigenvalue weighted by Crippen LogP contribution is 2.38. The van der Waals surface area contributed by atoms with Gasteiger partial charge in [-0.2, -0.15) is 13.2 Å². The zero-order valence-electron chi connectivity index (χ0n) is 18.4. The van der Waals surface area contributed by atoms with E-state index in [1.54, 1.807) is 30.1 Å². The Bertz CT molecular complexity index is 1420. The van der Waals surface area contributed by atoms with Crippen molar-refractivity contribution in [1.29, 1.82) is 0 Å². The number of nitrogens with zero attached hydrogens (tertiary/aromatic N) is 4. The molecule has 4 rings (SSSR count). The number of carboxylic acid groups (broad SMARTS) is 1. The minimum absolute atomic E-state index is 0.0843. The van der Waals surface area contributed by atoms with E-state index >= 15 is 0 Å². The fraction of sp³-hybridized carbons (Fsp3) is 0.217. The van der Waals surface area contributed by atoms with Gasteiger partial charge in [0.1, 0.15) is 17.1 Å². The maximum Gasteiger partial charge on any atom is 0.437 e. The second-order valence-corrected chi connectivity index (χ2v) is 8.54. The third kappa shape index (κ3) is 5.21. The molecular formula is C23H18F4N4O3S. The van der Waals surface area contributed by atoms with Crippen molar-refractivity contribution in [2.24, 2.45) is 7.05 Å². The Morgan fingerprint density at radius 2 is 1.97 bits per heavy atom. The molecule has 7 nitrogen and oxygen atoms in total. The highest BCUT2D eigenvalue weighted by Gasteiger charge is 2.36. The molecule has 3 heterocycles. The van der Waals surface area contributed by atoms with E-state index in [1.165, 1.54) is 30.0 Å². The summed E-state index contributed by atoms with van der Waals surface area (Å²) in [6.07, 6.45) is -0.638. The molecule has 182 valence electrons. The van der Waals surface area contributed by atoms with Gasteiger partial charge in [-0.3, -0.25) is 4.79 Å². The normalized spacial score (nSPS) is 11.7. The standard InChI is InChI=1S/C23H18F4N4O3S/c1-31-10-15(14-6-18(34-2)21(28-8-14)23(25,26)27)20-17(31)9-29-22(30-20)35-11-12-3-4-16(24)13(5-12)7-19(32)33/h3-6,8-10H,7,11H2,1-2H3,(H,32,33). The Labute approximate surface area is 200 Å². The maximum atomic E-state index is 13.8. The maximum absolute atomic E-state index is 13.8. The van der Waals surface area contributed by atoms with E-state index in [1.807, 2.05) is 0 Å². The number of halogens is 4. The van der Waals surface area contributed by atoms with Crippen molar-refractivity contribution in [1.82, 2.24) is 19.5 Å². The SMILES string of the molecule is COc1cc(-c2cn(C)c3cnc(SCc4ccc(F)c(CC(=O)O)c4)nc23)cnc1C(F)(F)F. The van der Waals surface area contributed by atoms with Crippen LogP contribution in [0.2, 0.25) is 0 Å². The van der Waals surface area contributed by atoms with Crippen LogP contribution in [0.4, 0.5) is 17.6 Å². The first-order valence-electron chi connectivity index (χ1n) is 10.1. The van der Waals surface area contributed by atoms with Crippen LogP contribution in [0.1, 0.15) is 16.8 Å². The van der Waals surface area contributed by atoms with Gasteiger partial charge in [0.15, 0.2) is 10.9 Å². The summed E-state index contributed by atoms with van der Waals surface area (Å²) in [6, 6.07) is 5.53. The smallest absolute Gasteiger partial charge is 0.437 e. The molecule has 3 aromatic heterocycles. The molecule has 1 aromatic carbocycles. The fourth-order valence-corrected chi connectivity index (χ4v) is 4.30. The van der Waals surface area contributed by atoms with Crippen LogP contribution in [0.3, 0.4) is 0 Å². The van der Waals surface area contributed by atoms with Crippen LogP contribution in [0, 0.1) is 5.82 Å². The van der Waals surface area contributed by atoms with Gasteiger partial charge in [0.25, 0.3) is 0 Å². The number of alkyl halides is 3. The van der Waals surface area contributed by atoms with E-state index in [-0.39, 0.29) is 5.56 Å². The predicted molar refractivity (Wildman–Crippen MR) is 121 cm³/mol. The Hall–Kier alpha value is -3.67. The molecule has 0 aliphatic heterocycles. The molecule has 35 heavy (non-hydrogen) atoms. The zero-order valence-corrected chi connectivity index (χ0v) is 19.2. The summed E-state index contributed by atoms with van der Waals surface area (Å²) >= 11 is 1.26. The van der Waals surface area contributed by atoms with Crippen LogP contribution in [0.25, 0.3) is 22.2 Å². The number of fused-ring (bicyclic) bond motifs is 1. The second kappa shape index (κ2) is 9.53. The van der Waals surface area contributed by atoms with Gasteiger partial charge in [0.05, 0.1) is 25.2 Å². The van der Waals surface area contributed by atoms with Gasteiger partial charge in [-0.25, -0.2) is 19.3 Å². The third-order valence-corrected chi connectivity index (χ3v) is 6.11. The molecule has 0 aliphatic carbocycles. The zero-order chi connectivity index (χ0) is 25.3. The summed E-state index contributed by atoms with van der Waals surface area (Å²) in [5, 5.41) is 9.33. The van der Waals surface area contributed by atoms with Gasteiger partial charge >= 0.3 is 12.1 Å². The monoisotopic (exact) mass is 506 g/mol. The number of aryl methyl sites for hydroxylation is 1. The number of thioether (sulfide) groups is 1. The van der Waals surface area contributed by atoms with E-state index in [4.69, 9.17) is 9.84 Å². The second-order valence-electron chi connectivity index (χ2n) is 7.60. The first-order chi connectivity index (χ1) is 16.6. The number of methoxy groups -OCH3 is 1. The largest absolute Gasteiger partial charge is 0.494 e. The number of aromatic nitrogens is 4. The van der Waals surface area contributed by atoms with Crippen LogP contribution in [-0.4, -0.2) is 37.7 Å². The number of aliphatic carboxylic acids is 1. The number of rotatable bonds is 7. The third-order valence-electron chi connectivity index (χ3n) is 5.18. The van der Waals surface area contributed by atoms with E-state index < -0.39 is 35.8 Å². The quantitative estimate of drug-likeness (QED) is 0.212. The van der Waals surface area contributed by atoms with Crippen LogP contribution in [-0.2, 0) is 30.2 Å². The number of benzene rings is 1. The molecule has 0 radical (unpaired) electrons. The lowest BCUT2D eigenvalue weighted by atomic mass is 10.1. The summed E-state index contributed by atoms with van der Waals surface area (Å²) < 4.78 is 60.1. The molecule has 4 aromatic rings. The van der Waals surface area contributed by atoms with Crippen LogP contribution < -0.4 is 4.74 Å². The van der Waals surface area contributed by atoms with Crippen LogP contribution >= 0.6 is 11.8 Å². The lowest BCUT2D eigenvalue weighted by molar-refractivity contribution is -0.142. The van der Waals surface area contributed by atoms with Crippen molar-refractivity contribution in [2.45, 2.75) is 23.5 Å². The molecular weight excluding hydrogens is 488 g/mol. The van der Waals surface area contributed by atoms with E-state index in [2.05, 4.69) is 15.0 Å². The minimum Gasteiger partial charge on any atom is -0.494 e. The Kier molecular flexibility index (Phi) is 6.66. The lowest BCUT2D eigenvalue weighted by Gasteiger charge is -2.11. The summed E-state index contributed by atoms with van der Waals surface area (Å²) in [6.45, 7) is 0. The number of pyridine rings is 1. The molecule has 0 spiro atoms. The molecule has 0 saturated carbocycles. The first kappa shape index (κ1) is 24.5. The van der Waals surface area contributed by atoms with E-state index in [0.717, 1.165) is 13.3 Å². The molecule has 1 N–H and O–H groups in total. The number of hydrogen-bond acceptors (Lipinski definition) is 6. The van der Waals surface area contributed by atoms with Crippen molar-refractivity contribution in [3.63, 3.8) is 0 Å². The summed E-state index contributed by atoms with van der Waals surface area (Å²) in [5.41, 5.74) is 1.79.